The Hall–Kier alpha value is -2.73. The molecular formula is C21H17NO4S. The monoisotopic (exact) mass is 379 g/mol. The van der Waals surface area contributed by atoms with Crippen LogP contribution in [0.3, 0.4) is 0 Å². The van der Waals surface area contributed by atoms with Gasteiger partial charge in [-0.15, -0.1) is 0 Å². The molecule has 2 aromatic rings. The van der Waals surface area contributed by atoms with Crippen LogP contribution >= 0.6 is 0 Å². The molecule has 1 saturated heterocycles. The Kier molecular flexibility index (Phi) is 3.43. The van der Waals surface area contributed by atoms with Crippen LogP contribution < -0.4 is 4.90 Å². The van der Waals surface area contributed by atoms with Crippen LogP contribution in [0, 0.1) is 23.7 Å². The molecule has 2 aromatic carbocycles. The highest BCUT2D eigenvalue weighted by Crippen LogP contribution is 2.53. The number of nitrogens with zero attached hydrogens (tertiary/aromatic N) is 1. The Bertz CT molecular complexity index is 1040. The van der Waals surface area contributed by atoms with E-state index in [-0.39, 0.29) is 45.3 Å². The minimum absolute atomic E-state index is 0.137. The summed E-state index contributed by atoms with van der Waals surface area (Å²) in [5, 5.41) is 0. The van der Waals surface area contributed by atoms with E-state index >= 15 is 0 Å². The molecule has 1 heterocycles. The maximum atomic E-state index is 12.8. The van der Waals surface area contributed by atoms with Gasteiger partial charge in [-0.05, 0) is 54.7 Å². The van der Waals surface area contributed by atoms with Gasteiger partial charge in [0.2, 0.25) is 21.7 Å². The molecule has 0 radical (unpaired) electrons. The van der Waals surface area contributed by atoms with Gasteiger partial charge in [0.25, 0.3) is 0 Å². The normalized spacial score (nSPS) is 28.8. The highest BCUT2D eigenvalue weighted by molar-refractivity contribution is 7.91. The molecule has 4 atom stereocenters. The fourth-order valence-electron chi connectivity index (χ4n) is 4.67. The molecule has 0 N–H and O–H groups in total. The number of sulfone groups is 1. The zero-order chi connectivity index (χ0) is 18.8. The molecular weight excluding hydrogens is 362 g/mol. The van der Waals surface area contributed by atoms with Gasteiger partial charge in [0.05, 0.1) is 27.3 Å². The maximum absolute atomic E-state index is 12.8. The summed E-state index contributed by atoms with van der Waals surface area (Å²) in [6.45, 7) is 0. The van der Waals surface area contributed by atoms with Gasteiger partial charge in [0.1, 0.15) is 0 Å². The molecule has 136 valence electrons. The van der Waals surface area contributed by atoms with E-state index in [0.717, 1.165) is 6.42 Å². The van der Waals surface area contributed by atoms with Crippen LogP contribution in [0.15, 0.2) is 76.5 Å². The fraction of sp³-hybridized carbons (Fsp3) is 0.238. The topological polar surface area (TPSA) is 71.5 Å². The van der Waals surface area contributed by atoms with Crippen LogP contribution in [0.25, 0.3) is 0 Å². The minimum atomic E-state index is -3.63. The van der Waals surface area contributed by atoms with E-state index in [1.165, 1.54) is 17.0 Å². The van der Waals surface area contributed by atoms with Gasteiger partial charge in [-0.25, -0.2) is 8.42 Å². The summed E-state index contributed by atoms with van der Waals surface area (Å²) < 4.78 is 25.4. The van der Waals surface area contributed by atoms with Crippen molar-refractivity contribution in [3.05, 3.63) is 66.7 Å². The molecule has 2 fully saturated rings. The molecule has 5 nitrogen and oxygen atoms in total. The highest BCUT2D eigenvalue weighted by Gasteiger charge is 2.59. The fourth-order valence-corrected chi connectivity index (χ4v) is 5.95. The summed E-state index contributed by atoms with van der Waals surface area (Å²) in [4.78, 5) is 27.3. The average Bonchev–Trinajstić information content (AvgIpc) is 3.36. The molecule has 1 aliphatic heterocycles. The molecule has 5 rings (SSSR count). The maximum Gasteiger partial charge on any atom is 0.238 e. The molecule has 2 amide bonds. The quantitative estimate of drug-likeness (QED) is 0.607. The zero-order valence-electron chi connectivity index (χ0n) is 14.4. The Morgan fingerprint density at radius 1 is 0.741 bits per heavy atom. The van der Waals surface area contributed by atoms with E-state index in [2.05, 4.69) is 12.2 Å². The van der Waals surface area contributed by atoms with Crippen molar-refractivity contribution in [1.29, 1.82) is 0 Å². The SMILES string of the molecule is O=C1[C@@H]2[C@@H](C(=O)N1c1ccc(S(=O)(=O)c3ccccc3)cc1)[C@H]1C=C[C@@H]2C1. The molecule has 0 spiro atoms. The van der Waals surface area contributed by atoms with Crippen LogP contribution in [-0.4, -0.2) is 20.2 Å². The van der Waals surface area contributed by atoms with E-state index in [4.69, 9.17) is 0 Å². The van der Waals surface area contributed by atoms with Gasteiger partial charge in [-0.3, -0.25) is 14.5 Å². The number of hydrogen-bond donors (Lipinski definition) is 0. The van der Waals surface area contributed by atoms with Crippen molar-refractivity contribution >= 4 is 27.3 Å². The third-order valence-electron chi connectivity index (χ3n) is 5.93. The molecule has 27 heavy (non-hydrogen) atoms. The molecule has 0 aromatic heterocycles. The molecule has 6 heteroatoms. The van der Waals surface area contributed by atoms with Crippen LogP contribution in [0.5, 0.6) is 0 Å². The van der Waals surface area contributed by atoms with E-state index in [1.807, 2.05) is 0 Å². The third kappa shape index (κ3) is 2.26. The number of carbonyl (C=O) groups is 2. The first-order chi connectivity index (χ1) is 13.0. The van der Waals surface area contributed by atoms with Gasteiger partial charge in [0.15, 0.2) is 0 Å². The van der Waals surface area contributed by atoms with Crippen molar-refractivity contribution in [2.24, 2.45) is 23.7 Å². The van der Waals surface area contributed by atoms with Crippen LogP contribution in [-0.2, 0) is 19.4 Å². The lowest BCUT2D eigenvalue weighted by Gasteiger charge is -2.17. The first-order valence-electron chi connectivity index (χ1n) is 8.95. The van der Waals surface area contributed by atoms with Crippen molar-refractivity contribution < 1.29 is 18.0 Å². The van der Waals surface area contributed by atoms with Crippen LogP contribution in [0.2, 0.25) is 0 Å². The number of anilines is 1. The largest absolute Gasteiger partial charge is 0.274 e. The highest BCUT2D eigenvalue weighted by atomic mass is 32.2. The summed E-state index contributed by atoms with van der Waals surface area (Å²) in [7, 11) is -3.63. The first-order valence-corrected chi connectivity index (χ1v) is 10.4. The number of hydrogen-bond acceptors (Lipinski definition) is 4. The van der Waals surface area contributed by atoms with Gasteiger partial charge in [-0.1, -0.05) is 30.4 Å². The molecule has 0 unspecified atom stereocenters. The number of benzene rings is 2. The van der Waals surface area contributed by atoms with Gasteiger partial charge < -0.3 is 0 Å². The standard InChI is InChI=1S/C21H17NO4S/c23-20-18-13-6-7-14(12-13)19(18)21(24)22(20)15-8-10-17(11-9-15)27(25,26)16-4-2-1-3-5-16/h1-11,13-14,18-19H,12H2/t13-,14+,18-,19-/m0/s1. The van der Waals surface area contributed by atoms with Gasteiger partial charge in [0, 0.05) is 0 Å². The summed E-state index contributed by atoms with van der Waals surface area (Å²) in [6.07, 6.45) is 4.99. The second-order valence-corrected chi connectivity index (χ2v) is 9.27. The lowest BCUT2D eigenvalue weighted by molar-refractivity contribution is -0.123. The number of allylic oxidation sites excluding steroid dienone is 2. The lowest BCUT2D eigenvalue weighted by atomic mass is 9.85. The number of fused-ring (bicyclic) bond motifs is 5. The van der Waals surface area contributed by atoms with Crippen molar-refractivity contribution in [2.45, 2.75) is 16.2 Å². The van der Waals surface area contributed by atoms with E-state index < -0.39 is 9.84 Å². The van der Waals surface area contributed by atoms with Gasteiger partial charge >= 0.3 is 0 Å². The lowest BCUT2D eigenvalue weighted by Crippen LogP contribution is -2.32. The summed E-state index contributed by atoms with van der Waals surface area (Å²) in [6, 6.07) is 14.2. The molecule has 1 saturated carbocycles. The predicted molar refractivity (Wildman–Crippen MR) is 98.5 cm³/mol. The number of carbonyl (C=O) groups excluding carboxylic acids is 2. The predicted octanol–water partition coefficient (Wildman–Crippen LogP) is 2.83. The van der Waals surface area contributed by atoms with Crippen molar-refractivity contribution in [1.82, 2.24) is 0 Å². The number of imide groups is 1. The van der Waals surface area contributed by atoms with Crippen LogP contribution in [0.4, 0.5) is 5.69 Å². The number of amides is 2. The van der Waals surface area contributed by atoms with Crippen molar-refractivity contribution in [2.75, 3.05) is 4.90 Å². The Balaban J connectivity index is 1.47. The number of rotatable bonds is 3. The zero-order valence-corrected chi connectivity index (χ0v) is 15.2. The summed E-state index contributed by atoms with van der Waals surface area (Å²) in [5.74, 6) is -0.556. The summed E-state index contributed by atoms with van der Waals surface area (Å²) >= 11 is 0. The molecule has 3 aliphatic rings. The third-order valence-corrected chi connectivity index (χ3v) is 7.71. The van der Waals surface area contributed by atoms with Crippen molar-refractivity contribution in [3.8, 4) is 0 Å². The van der Waals surface area contributed by atoms with Gasteiger partial charge in [-0.2, -0.15) is 0 Å². The Labute approximate surface area is 157 Å². The summed E-state index contributed by atoms with van der Waals surface area (Å²) in [5.41, 5.74) is 0.436. The minimum Gasteiger partial charge on any atom is -0.274 e. The Morgan fingerprint density at radius 3 is 1.81 bits per heavy atom. The smallest absolute Gasteiger partial charge is 0.238 e. The van der Waals surface area contributed by atoms with E-state index in [1.54, 1.807) is 42.5 Å². The van der Waals surface area contributed by atoms with E-state index in [9.17, 15) is 18.0 Å². The second-order valence-electron chi connectivity index (χ2n) is 7.32. The Morgan fingerprint density at radius 2 is 1.26 bits per heavy atom. The van der Waals surface area contributed by atoms with Crippen molar-refractivity contribution in [3.63, 3.8) is 0 Å². The average molecular weight is 379 g/mol. The molecule has 2 bridgehead atoms. The molecule has 2 aliphatic carbocycles. The first kappa shape index (κ1) is 16.4. The van der Waals surface area contributed by atoms with Crippen LogP contribution in [0.1, 0.15) is 6.42 Å². The van der Waals surface area contributed by atoms with E-state index in [0.29, 0.717) is 5.69 Å². The second kappa shape index (κ2) is 5.63.